The van der Waals surface area contributed by atoms with E-state index in [0.717, 1.165) is 0 Å². The molecule has 3 N–H and O–H groups in total. The highest BCUT2D eigenvalue weighted by Gasteiger charge is 2.47. The number of hydrogen-bond donors (Lipinski definition) is 2. The number of halogens is 2. The van der Waals surface area contributed by atoms with Crippen LogP contribution in [0.1, 0.15) is 27.2 Å². The van der Waals surface area contributed by atoms with Crippen LogP contribution in [0, 0.1) is 5.41 Å². The molecule has 0 aromatic heterocycles. The van der Waals surface area contributed by atoms with E-state index >= 15 is 0 Å². The molecule has 0 saturated carbocycles. The molecule has 0 aromatic carbocycles. The highest BCUT2D eigenvalue weighted by molar-refractivity contribution is 5.79. The highest BCUT2D eigenvalue weighted by Crippen LogP contribution is 2.33. The molecule has 13 heavy (non-hydrogen) atoms. The van der Waals surface area contributed by atoms with E-state index in [4.69, 9.17) is 10.8 Å². The van der Waals surface area contributed by atoms with Gasteiger partial charge >= 0.3 is 5.97 Å². The summed E-state index contributed by atoms with van der Waals surface area (Å²) in [5.41, 5.74) is 2.67. The Bertz CT molecular complexity index is 201. The number of carbonyl (C=O) groups is 1. The Morgan fingerprint density at radius 1 is 1.46 bits per heavy atom. The molecule has 0 aliphatic carbocycles. The average Bonchev–Trinajstić information content (AvgIpc) is 1.82. The third kappa shape index (κ3) is 2.62. The second kappa shape index (κ2) is 3.57. The van der Waals surface area contributed by atoms with Gasteiger partial charge in [0.15, 0.2) is 0 Å². The van der Waals surface area contributed by atoms with Crippen molar-refractivity contribution >= 4 is 5.97 Å². The van der Waals surface area contributed by atoms with Crippen LogP contribution in [0.2, 0.25) is 0 Å². The Balaban J connectivity index is 4.85. The Morgan fingerprint density at radius 2 is 1.85 bits per heavy atom. The van der Waals surface area contributed by atoms with Crippen LogP contribution in [0.25, 0.3) is 0 Å². The van der Waals surface area contributed by atoms with Gasteiger partial charge in [-0.1, -0.05) is 20.8 Å². The summed E-state index contributed by atoms with van der Waals surface area (Å²) in [5, 5.41) is 8.76. The van der Waals surface area contributed by atoms with Crippen molar-refractivity contribution in [1.82, 2.24) is 0 Å². The fourth-order valence-electron chi connectivity index (χ4n) is 0.958. The maximum Gasteiger partial charge on any atom is 0.324 e. The number of carboxylic acid groups (broad SMARTS) is 1. The van der Waals surface area contributed by atoms with Crippen LogP contribution in [0.3, 0.4) is 0 Å². The van der Waals surface area contributed by atoms with E-state index in [0.29, 0.717) is 0 Å². The monoisotopic (exact) mass is 195 g/mol. The predicted octanol–water partition coefficient (Wildman–Crippen LogP) is 1.47. The van der Waals surface area contributed by atoms with Crippen molar-refractivity contribution in [2.75, 3.05) is 0 Å². The van der Waals surface area contributed by atoms with E-state index in [2.05, 4.69) is 0 Å². The molecule has 0 unspecified atom stereocenters. The topological polar surface area (TPSA) is 63.3 Å². The molecular weight excluding hydrogens is 180 g/mol. The van der Waals surface area contributed by atoms with Gasteiger partial charge in [0.1, 0.15) is 5.54 Å². The van der Waals surface area contributed by atoms with E-state index in [1.54, 1.807) is 0 Å². The van der Waals surface area contributed by atoms with Gasteiger partial charge in [-0.3, -0.25) is 4.79 Å². The number of nitrogens with two attached hydrogens (primary N) is 1. The summed E-state index contributed by atoms with van der Waals surface area (Å²) in [6.45, 7) is 4.59. The molecule has 1 atom stereocenters. The zero-order valence-electron chi connectivity index (χ0n) is 7.97. The van der Waals surface area contributed by atoms with Crippen LogP contribution in [-0.2, 0) is 4.79 Å². The Labute approximate surface area is 75.9 Å². The molecule has 78 valence electrons. The first kappa shape index (κ1) is 12.3. The van der Waals surface area contributed by atoms with E-state index in [-0.39, 0.29) is 0 Å². The molecule has 3 nitrogen and oxygen atoms in total. The van der Waals surface area contributed by atoms with Crippen molar-refractivity contribution in [2.24, 2.45) is 11.1 Å². The van der Waals surface area contributed by atoms with Crippen LogP contribution in [0.5, 0.6) is 0 Å². The minimum absolute atomic E-state index is 0.828. The summed E-state index contributed by atoms with van der Waals surface area (Å²) in [6, 6.07) is 0. The summed E-state index contributed by atoms with van der Waals surface area (Å²) < 4.78 is 24.2. The molecule has 0 aromatic rings. The molecule has 0 heterocycles. The largest absolute Gasteiger partial charge is 0.480 e. The SMILES string of the molecule is CC(C)(C)[C@@](N)(CC(F)F)C(=O)O. The van der Waals surface area contributed by atoms with Crippen molar-refractivity contribution in [2.45, 2.75) is 39.2 Å². The maximum atomic E-state index is 12.1. The molecule has 0 aliphatic rings. The van der Waals surface area contributed by atoms with Gasteiger partial charge in [-0.25, -0.2) is 8.78 Å². The standard InChI is InChI=1S/C8H15F2NO2/c1-7(2,3)8(11,6(12)13)4-5(9)10/h5H,4,11H2,1-3H3,(H,12,13)/t8-/m1/s1. The second-order valence-corrected chi connectivity index (χ2v) is 4.12. The van der Waals surface area contributed by atoms with E-state index in [1.165, 1.54) is 20.8 Å². The Morgan fingerprint density at radius 3 is 1.92 bits per heavy atom. The zero-order chi connectivity index (χ0) is 10.9. The van der Waals surface area contributed by atoms with Crippen LogP contribution >= 0.6 is 0 Å². The van der Waals surface area contributed by atoms with Crippen molar-refractivity contribution in [1.29, 1.82) is 0 Å². The summed E-state index contributed by atoms with van der Waals surface area (Å²) in [6.07, 6.45) is -3.54. The minimum Gasteiger partial charge on any atom is -0.480 e. The Kier molecular flexibility index (Phi) is 3.38. The smallest absolute Gasteiger partial charge is 0.324 e. The van der Waals surface area contributed by atoms with Gasteiger partial charge in [0.05, 0.1) is 0 Å². The first-order valence-corrected chi connectivity index (χ1v) is 3.91. The number of aliphatic carboxylic acids is 1. The van der Waals surface area contributed by atoms with Gasteiger partial charge in [-0.2, -0.15) is 0 Å². The van der Waals surface area contributed by atoms with Crippen molar-refractivity contribution in [3.63, 3.8) is 0 Å². The van der Waals surface area contributed by atoms with Gasteiger partial charge in [-0.15, -0.1) is 0 Å². The summed E-state index contributed by atoms with van der Waals surface area (Å²) in [5.74, 6) is -1.39. The highest BCUT2D eigenvalue weighted by atomic mass is 19.3. The molecule has 0 bridgehead atoms. The molecule has 0 radical (unpaired) electrons. The van der Waals surface area contributed by atoms with Gasteiger partial charge in [0.2, 0.25) is 6.43 Å². The summed E-state index contributed by atoms with van der Waals surface area (Å²) >= 11 is 0. The number of rotatable bonds is 3. The number of alkyl halides is 2. The fourth-order valence-corrected chi connectivity index (χ4v) is 0.958. The summed E-state index contributed by atoms with van der Waals surface area (Å²) in [7, 11) is 0. The van der Waals surface area contributed by atoms with Crippen molar-refractivity contribution < 1.29 is 18.7 Å². The van der Waals surface area contributed by atoms with E-state index < -0.39 is 29.8 Å². The van der Waals surface area contributed by atoms with Crippen molar-refractivity contribution in [3.05, 3.63) is 0 Å². The van der Waals surface area contributed by atoms with Crippen LogP contribution < -0.4 is 5.73 Å². The van der Waals surface area contributed by atoms with Crippen LogP contribution in [0.4, 0.5) is 8.78 Å². The van der Waals surface area contributed by atoms with Crippen molar-refractivity contribution in [3.8, 4) is 0 Å². The predicted molar refractivity (Wildman–Crippen MR) is 44.6 cm³/mol. The molecule has 0 amide bonds. The van der Waals surface area contributed by atoms with E-state index in [9.17, 15) is 13.6 Å². The van der Waals surface area contributed by atoms with Gasteiger partial charge in [0.25, 0.3) is 0 Å². The lowest BCUT2D eigenvalue weighted by atomic mass is 9.72. The molecule has 0 saturated heterocycles. The third-order valence-electron chi connectivity index (χ3n) is 2.20. The molecule has 5 heteroatoms. The van der Waals surface area contributed by atoms with Crippen LogP contribution in [0.15, 0.2) is 0 Å². The lowest BCUT2D eigenvalue weighted by Crippen LogP contribution is -2.58. The lowest BCUT2D eigenvalue weighted by molar-refractivity contribution is -0.150. The molecular formula is C8H15F2NO2. The minimum atomic E-state index is -2.71. The normalized spacial score (nSPS) is 17.2. The number of hydrogen-bond acceptors (Lipinski definition) is 2. The molecule has 0 rings (SSSR count). The van der Waals surface area contributed by atoms with Gasteiger partial charge in [0, 0.05) is 6.42 Å². The van der Waals surface area contributed by atoms with Gasteiger partial charge in [-0.05, 0) is 5.41 Å². The fraction of sp³-hybridized carbons (Fsp3) is 0.875. The quantitative estimate of drug-likeness (QED) is 0.716. The average molecular weight is 195 g/mol. The molecule has 0 fully saturated rings. The third-order valence-corrected chi connectivity index (χ3v) is 2.20. The molecule has 0 spiro atoms. The summed E-state index contributed by atoms with van der Waals surface area (Å²) in [4.78, 5) is 10.7. The first-order chi connectivity index (χ1) is 5.61. The van der Waals surface area contributed by atoms with Gasteiger partial charge < -0.3 is 10.8 Å². The second-order valence-electron chi connectivity index (χ2n) is 4.12. The lowest BCUT2D eigenvalue weighted by Gasteiger charge is -2.37. The maximum absolute atomic E-state index is 12.1. The van der Waals surface area contributed by atoms with E-state index in [1.807, 2.05) is 0 Å². The first-order valence-electron chi connectivity index (χ1n) is 3.91. The zero-order valence-corrected chi connectivity index (χ0v) is 7.97. The number of carboxylic acids is 1. The molecule has 0 aliphatic heterocycles. The Hall–Kier alpha value is -0.710. The van der Waals surface area contributed by atoms with Crippen LogP contribution in [-0.4, -0.2) is 23.0 Å².